The van der Waals surface area contributed by atoms with E-state index in [1.807, 2.05) is 0 Å². The van der Waals surface area contributed by atoms with Gasteiger partial charge in [-0.15, -0.1) is 5.10 Å². The van der Waals surface area contributed by atoms with E-state index in [9.17, 15) is 13.2 Å². The molecule has 0 spiro atoms. The molecule has 0 amide bonds. The Kier molecular flexibility index (Phi) is 5.34. The number of hydrogen-bond donors (Lipinski definition) is 1. The zero-order chi connectivity index (χ0) is 24.2. The molecule has 3 aromatic heterocycles. The van der Waals surface area contributed by atoms with Gasteiger partial charge in [0.2, 0.25) is 11.8 Å². The van der Waals surface area contributed by atoms with Crippen LogP contribution in [0, 0.1) is 12.7 Å². The van der Waals surface area contributed by atoms with Gasteiger partial charge in [0, 0.05) is 6.54 Å². The van der Waals surface area contributed by atoms with E-state index in [1.54, 1.807) is 36.7 Å². The Balaban J connectivity index is 1.60. The van der Waals surface area contributed by atoms with Crippen molar-refractivity contribution in [3.63, 3.8) is 0 Å². The Morgan fingerprint density at radius 1 is 1.26 bits per heavy atom. The number of halogens is 4. The van der Waals surface area contributed by atoms with Gasteiger partial charge in [-0.3, -0.25) is 4.90 Å². The predicted octanol–water partition coefficient (Wildman–Crippen LogP) is 3.53. The van der Waals surface area contributed by atoms with Crippen LogP contribution in [0.1, 0.15) is 5.82 Å². The van der Waals surface area contributed by atoms with Gasteiger partial charge in [0.1, 0.15) is 24.1 Å². The van der Waals surface area contributed by atoms with Crippen LogP contribution >= 0.6 is 0 Å². The number of methoxy groups -OCH3 is 1. The van der Waals surface area contributed by atoms with Gasteiger partial charge in [-0.2, -0.15) is 4.98 Å². The van der Waals surface area contributed by atoms with Crippen molar-refractivity contribution in [3.05, 3.63) is 36.0 Å². The lowest BCUT2D eigenvalue weighted by Gasteiger charge is -2.19. The maximum absolute atomic E-state index is 15.2. The minimum atomic E-state index is -2.97. The molecule has 1 atom stereocenters. The number of likely N-dealkylation sites (N-methyl/N-ethyl adjacent to an activating group) is 1. The number of ether oxygens (including phenoxy) is 1. The van der Waals surface area contributed by atoms with Crippen molar-refractivity contribution < 1.29 is 22.3 Å². The Morgan fingerprint density at radius 2 is 2.06 bits per heavy atom. The van der Waals surface area contributed by atoms with Crippen molar-refractivity contribution >= 4 is 22.5 Å². The zero-order valence-electron chi connectivity index (χ0n) is 18.8. The number of likely N-dealkylation sites (tertiary alicyclic amines) is 1. The van der Waals surface area contributed by atoms with Gasteiger partial charge >= 0.3 is 0 Å². The summed E-state index contributed by atoms with van der Waals surface area (Å²) in [5.74, 6) is -2.98. The smallest absolute Gasteiger partial charge is 0.281 e. The number of rotatable bonds is 6. The summed E-state index contributed by atoms with van der Waals surface area (Å²) in [5, 5.41) is 6.87. The van der Waals surface area contributed by atoms with E-state index in [0.717, 1.165) is 6.20 Å². The van der Waals surface area contributed by atoms with Crippen LogP contribution in [0.3, 0.4) is 0 Å². The molecular formula is C22H23F4N7O. The van der Waals surface area contributed by atoms with E-state index in [1.165, 1.54) is 16.5 Å². The van der Waals surface area contributed by atoms with Crippen molar-refractivity contribution in [1.82, 2.24) is 29.0 Å². The SMILES string of the molecule is COc1nc(NC2CN(C)CC2(F)F)nn2cc(F)c(-c3ccc4nc(C)n(CCF)c4c3)c12. The van der Waals surface area contributed by atoms with Crippen molar-refractivity contribution in [2.45, 2.75) is 25.4 Å². The fourth-order valence-corrected chi connectivity index (χ4v) is 4.55. The summed E-state index contributed by atoms with van der Waals surface area (Å²) < 4.78 is 65.1. The number of benzene rings is 1. The van der Waals surface area contributed by atoms with Gasteiger partial charge < -0.3 is 14.6 Å². The normalized spacial score (nSPS) is 18.3. The summed E-state index contributed by atoms with van der Waals surface area (Å²) in [5.41, 5.74) is 2.25. The van der Waals surface area contributed by atoms with Gasteiger partial charge in [-0.25, -0.2) is 27.1 Å². The van der Waals surface area contributed by atoms with Crippen molar-refractivity contribution in [1.29, 1.82) is 0 Å². The first-order chi connectivity index (χ1) is 16.2. The molecule has 1 fully saturated rings. The van der Waals surface area contributed by atoms with Gasteiger partial charge in [0.25, 0.3) is 5.92 Å². The maximum Gasteiger partial charge on any atom is 0.281 e. The van der Waals surface area contributed by atoms with E-state index in [4.69, 9.17) is 4.74 Å². The van der Waals surface area contributed by atoms with Gasteiger partial charge in [-0.05, 0) is 31.7 Å². The van der Waals surface area contributed by atoms with Crippen molar-refractivity contribution in [2.24, 2.45) is 0 Å². The highest BCUT2D eigenvalue weighted by Crippen LogP contribution is 2.36. The minimum absolute atomic E-state index is 0.0274. The third-order valence-electron chi connectivity index (χ3n) is 6.07. The second kappa shape index (κ2) is 8.12. The predicted molar refractivity (Wildman–Crippen MR) is 119 cm³/mol. The van der Waals surface area contributed by atoms with Gasteiger partial charge in [0.05, 0.1) is 43.0 Å². The van der Waals surface area contributed by atoms with Gasteiger partial charge in [0.15, 0.2) is 5.82 Å². The largest absolute Gasteiger partial charge is 0.479 e. The Bertz CT molecular complexity index is 1380. The molecule has 1 aromatic carbocycles. The molecule has 1 aliphatic rings. The highest BCUT2D eigenvalue weighted by Gasteiger charge is 2.47. The van der Waals surface area contributed by atoms with Crippen LogP contribution in [-0.4, -0.2) is 74.9 Å². The number of aryl methyl sites for hydroxylation is 2. The molecule has 1 aliphatic heterocycles. The lowest BCUT2D eigenvalue weighted by atomic mass is 10.1. The van der Waals surface area contributed by atoms with Gasteiger partial charge in [-0.1, -0.05) is 6.07 Å². The summed E-state index contributed by atoms with van der Waals surface area (Å²) in [6, 6.07) is 3.97. The monoisotopic (exact) mass is 477 g/mol. The lowest BCUT2D eigenvalue weighted by molar-refractivity contribution is 0.00583. The number of fused-ring (bicyclic) bond motifs is 2. The first-order valence-corrected chi connectivity index (χ1v) is 10.7. The topological polar surface area (TPSA) is 72.5 Å². The first-order valence-electron chi connectivity index (χ1n) is 10.7. The summed E-state index contributed by atoms with van der Waals surface area (Å²) in [6.45, 7) is 1.07. The molecule has 5 rings (SSSR count). The standard InChI is InChI=1S/C22H23F4N7O/c1-12-27-15-5-4-13(8-16(15)32(12)7-6-23)18-14(24)9-33-19(18)20(34-3)29-21(30-33)28-17-10-31(2)11-22(17,25)26/h4-5,8-9,17H,6-7,10-11H2,1-3H3,(H,28,30). The third kappa shape index (κ3) is 3.61. The number of alkyl halides is 3. The van der Waals surface area contributed by atoms with Crippen LogP contribution in [0.5, 0.6) is 5.88 Å². The van der Waals surface area contributed by atoms with Crippen LogP contribution in [-0.2, 0) is 6.54 Å². The fourth-order valence-electron chi connectivity index (χ4n) is 4.55. The molecule has 1 unspecified atom stereocenters. The summed E-state index contributed by atoms with van der Waals surface area (Å²) in [7, 11) is 2.97. The number of nitrogens with zero attached hydrogens (tertiary/aromatic N) is 6. The van der Waals surface area contributed by atoms with Crippen molar-refractivity contribution in [3.8, 4) is 17.0 Å². The highest BCUT2D eigenvalue weighted by atomic mass is 19.3. The molecule has 4 aromatic rings. The Morgan fingerprint density at radius 3 is 2.74 bits per heavy atom. The van der Waals surface area contributed by atoms with Crippen LogP contribution in [0.15, 0.2) is 24.4 Å². The molecule has 180 valence electrons. The van der Waals surface area contributed by atoms with Crippen LogP contribution in [0.25, 0.3) is 27.7 Å². The van der Waals surface area contributed by atoms with Crippen molar-refractivity contribution in [2.75, 3.05) is 39.2 Å². The zero-order valence-corrected chi connectivity index (χ0v) is 18.8. The summed E-state index contributed by atoms with van der Waals surface area (Å²) in [4.78, 5) is 10.2. The number of nitrogens with one attached hydrogen (secondary N) is 1. The van der Waals surface area contributed by atoms with E-state index >= 15 is 4.39 Å². The molecule has 8 nitrogen and oxygen atoms in total. The molecule has 1 N–H and O–H groups in total. The number of anilines is 1. The van der Waals surface area contributed by atoms with E-state index in [-0.39, 0.29) is 42.5 Å². The Hall–Kier alpha value is -3.41. The molecule has 0 radical (unpaired) electrons. The van der Waals surface area contributed by atoms with Crippen LogP contribution in [0.2, 0.25) is 0 Å². The molecule has 34 heavy (non-hydrogen) atoms. The van der Waals surface area contributed by atoms with E-state index in [2.05, 4.69) is 20.4 Å². The average Bonchev–Trinajstić information content (AvgIpc) is 3.36. The molecule has 1 saturated heterocycles. The fraction of sp³-hybridized carbons (Fsp3) is 0.409. The van der Waals surface area contributed by atoms with E-state index in [0.29, 0.717) is 22.4 Å². The number of hydrogen-bond acceptors (Lipinski definition) is 6. The molecule has 4 heterocycles. The van der Waals surface area contributed by atoms with Crippen LogP contribution < -0.4 is 10.1 Å². The summed E-state index contributed by atoms with van der Waals surface area (Å²) >= 11 is 0. The van der Waals surface area contributed by atoms with Crippen LogP contribution in [0.4, 0.5) is 23.5 Å². The molecule has 0 bridgehead atoms. The minimum Gasteiger partial charge on any atom is -0.479 e. The highest BCUT2D eigenvalue weighted by molar-refractivity contribution is 5.90. The molecular weight excluding hydrogens is 454 g/mol. The summed E-state index contributed by atoms with van der Waals surface area (Å²) in [6.07, 6.45) is 1.15. The quantitative estimate of drug-likeness (QED) is 0.429. The molecule has 0 aliphatic carbocycles. The molecule has 12 heteroatoms. The third-order valence-corrected chi connectivity index (χ3v) is 6.07. The second-order valence-electron chi connectivity index (χ2n) is 8.45. The number of imidazole rings is 1. The average molecular weight is 477 g/mol. The first kappa shape index (κ1) is 22.4. The lowest BCUT2D eigenvalue weighted by Crippen LogP contribution is -2.38. The second-order valence-corrected chi connectivity index (χ2v) is 8.45. The number of aromatic nitrogens is 5. The molecule has 0 saturated carbocycles. The maximum atomic E-state index is 15.2. The Labute approximate surface area is 192 Å². The van der Waals surface area contributed by atoms with E-state index < -0.39 is 24.5 Å².